The highest BCUT2D eigenvalue weighted by atomic mass is 16.3. The van der Waals surface area contributed by atoms with Crippen LogP contribution in [-0.2, 0) is 0 Å². The molecular weight excluding hydrogens is 226 g/mol. The Bertz CT molecular complexity index is 247. The first kappa shape index (κ1) is 17.2. The topological polar surface area (TPSA) is 56.7 Å². The lowest BCUT2D eigenvalue weighted by Gasteiger charge is -2.25. The van der Waals surface area contributed by atoms with E-state index in [-0.39, 0.29) is 0 Å². The minimum Gasteiger partial charge on any atom is -0.388 e. The number of hydrogen-bond acceptors (Lipinski definition) is 2. The van der Waals surface area contributed by atoms with Crippen LogP contribution in [0.4, 0.5) is 0 Å². The molecule has 108 valence electrons. The van der Waals surface area contributed by atoms with Crippen molar-refractivity contribution in [2.24, 2.45) is 10.9 Å². The molecule has 0 amide bonds. The smallest absolute Gasteiger partial charge is 0.191 e. The summed E-state index contributed by atoms with van der Waals surface area (Å²) < 4.78 is 0. The molecule has 3 N–H and O–H groups in total. The van der Waals surface area contributed by atoms with Gasteiger partial charge in [0.1, 0.15) is 0 Å². The van der Waals surface area contributed by atoms with Crippen LogP contribution in [0.1, 0.15) is 54.4 Å². The lowest BCUT2D eigenvalue weighted by atomic mass is 9.98. The third kappa shape index (κ3) is 6.24. The summed E-state index contributed by atoms with van der Waals surface area (Å²) in [7, 11) is 0. The molecule has 0 aromatic rings. The molecule has 1 unspecified atom stereocenters. The number of aliphatic imine (C=N–C) groups is 1. The van der Waals surface area contributed by atoms with Crippen molar-refractivity contribution in [2.75, 3.05) is 13.1 Å². The fourth-order valence-electron chi connectivity index (χ4n) is 1.40. The van der Waals surface area contributed by atoms with Gasteiger partial charge in [0, 0.05) is 12.6 Å². The Labute approximate surface area is 112 Å². The van der Waals surface area contributed by atoms with Crippen molar-refractivity contribution in [3.8, 4) is 0 Å². The summed E-state index contributed by atoms with van der Waals surface area (Å²) in [4.78, 5) is 4.49. The van der Waals surface area contributed by atoms with Crippen LogP contribution in [0.2, 0.25) is 0 Å². The highest BCUT2D eigenvalue weighted by Crippen LogP contribution is 2.14. The first-order valence-electron chi connectivity index (χ1n) is 7.15. The van der Waals surface area contributed by atoms with E-state index in [2.05, 4.69) is 36.4 Å². The van der Waals surface area contributed by atoms with E-state index in [1.54, 1.807) is 0 Å². The molecule has 0 bridgehead atoms. The highest BCUT2D eigenvalue weighted by molar-refractivity contribution is 5.80. The number of guanidine groups is 1. The van der Waals surface area contributed by atoms with Crippen LogP contribution in [0.15, 0.2) is 4.99 Å². The van der Waals surface area contributed by atoms with Crippen molar-refractivity contribution in [2.45, 2.75) is 66.0 Å². The Balaban J connectivity index is 4.58. The first-order chi connectivity index (χ1) is 8.38. The first-order valence-corrected chi connectivity index (χ1v) is 7.15. The van der Waals surface area contributed by atoms with Crippen molar-refractivity contribution >= 4 is 5.96 Å². The van der Waals surface area contributed by atoms with Crippen molar-refractivity contribution in [3.63, 3.8) is 0 Å². The Kier molecular flexibility index (Phi) is 8.00. The van der Waals surface area contributed by atoms with Crippen LogP contribution >= 0.6 is 0 Å². The number of aliphatic hydroxyl groups is 1. The average Bonchev–Trinajstić information content (AvgIpc) is 2.35. The highest BCUT2D eigenvalue weighted by Gasteiger charge is 2.21. The van der Waals surface area contributed by atoms with E-state index in [4.69, 9.17) is 0 Å². The van der Waals surface area contributed by atoms with E-state index < -0.39 is 5.60 Å². The molecular formula is C14H31N3O. The van der Waals surface area contributed by atoms with E-state index in [1.165, 1.54) is 0 Å². The summed E-state index contributed by atoms with van der Waals surface area (Å²) in [5.41, 5.74) is -0.677. The molecule has 0 aliphatic heterocycles. The molecule has 0 aromatic carbocycles. The lowest BCUT2D eigenvalue weighted by molar-refractivity contribution is 0.0417. The molecule has 0 fully saturated rings. The van der Waals surface area contributed by atoms with Gasteiger partial charge in [-0.2, -0.15) is 0 Å². The van der Waals surface area contributed by atoms with E-state index >= 15 is 0 Å². The monoisotopic (exact) mass is 257 g/mol. The molecule has 0 spiro atoms. The molecule has 1 atom stereocenters. The van der Waals surface area contributed by atoms with Crippen molar-refractivity contribution in [3.05, 3.63) is 0 Å². The Hall–Kier alpha value is -0.770. The minimum absolute atomic E-state index is 0.360. The number of hydrogen-bond donors (Lipinski definition) is 3. The van der Waals surface area contributed by atoms with Crippen LogP contribution in [0.3, 0.4) is 0 Å². The second kappa shape index (κ2) is 8.35. The van der Waals surface area contributed by atoms with Gasteiger partial charge in [0.25, 0.3) is 0 Å². The van der Waals surface area contributed by atoms with Gasteiger partial charge in [0.05, 0.1) is 12.1 Å². The van der Waals surface area contributed by atoms with Crippen molar-refractivity contribution < 1.29 is 5.11 Å². The molecule has 0 saturated heterocycles. The summed E-state index contributed by atoms with van der Waals surface area (Å²) >= 11 is 0. The standard InChI is InChI=1S/C14H31N3O/c1-7-14(18,8-2)10-16-13(15-9-3)17-12(6)11(4)5/h11-12,18H,7-10H2,1-6H3,(H2,15,16,17). The molecule has 4 nitrogen and oxygen atoms in total. The number of rotatable bonds is 7. The predicted octanol–water partition coefficient (Wildman–Crippen LogP) is 2.14. The third-order valence-electron chi connectivity index (χ3n) is 3.56. The molecule has 0 aliphatic rings. The van der Waals surface area contributed by atoms with Crippen molar-refractivity contribution in [1.82, 2.24) is 10.6 Å². The summed E-state index contributed by atoms with van der Waals surface area (Å²) in [6, 6.07) is 0.360. The van der Waals surface area contributed by atoms with Crippen LogP contribution in [0, 0.1) is 5.92 Å². The van der Waals surface area contributed by atoms with Gasteiger partial charge < -0.3 is 15.7 Å². The van der Waals surface area contributed by atoms with Gasteiger partial charge >= 0.3 is 0 Å². The van der Waals surface area contributed by atoms with Crippen LogP contribution in [0.5, 0.6) is 0 Å². The molecule has 18 heavy (non-hydrogen) atoms. The van der Waals surface area contributed by atoms with Gasteiger partial charge in [0.2, 0.25) is 0 Å². The second-order valence-electron chi connectivity index (χ2n) is 5.30. The minimum atomic E-state index is -0.677. The molecule has 4 heteroatoms. The SMILES string of the molecule is CCNC(=NCC(O)(CC)CC)NC(C)C(C)C. The summed E-state index contributed by atoms with van der Waals surface area (Å²) in [5, 5.41) is 16.8. The zero-order valence-corrected chi connectivity index (χ0v) is 12.9. The van der Waals surface area contributed by atoms with Crippen LogP contribution in [-0.4, -0.2) is 35.8 Å². The number of nitrogens with zero attached hydrogens (tertiary/aromatic N) is 1. The number of nitrogens with one attached hydrogen (secondary N) is 2. The average molecular weight is 257 g/mol. The van der Waals surface area contributed by atoms with Crippen LogP contribution < -0.4 is 10.6 Å². The summed E-state index contributed by atoms with van der Waals surface area (Å²) in [5.74, 6) is 1.34. The summed E-state index contributed by atoms with van der Waals surface area (Å²) in [6.07, 6.45) is 1.46. The molecule has 0 saturated carbocycles. The second-order valence-corrected chi connectivity index (χ2v) is 5.30. The van der Waals surface area contributed by atoms with Crippen LogP contribution in [0.25, 0.3) is 0 Å². The van der Waals surface area contributed by atoms with E-state index in [9.17, 15) is 5.11 Å². The molecule has 0 aliphatic carbocycles. The molecule has 0 heterocycles. The van der Waals surface area contributed by atoms with E-state index in [1.807, 2.05) is 20.8 Å². The zero-order chi connectivity index (χ0) is 14.2. The Morgan fingerprint density at radius 3 is 2.11 bits per heavy atom. The molecule has 0 rings (SSSR count). The maximum atomic E-state index is 10.2. The fraction of sp³-hybridized carbons (Fsp3) is 0.929. The third-order valence-corrected chi connectivity index (χ3v) is 3.56. The predicted molar refractivity (Wildman–Crippen MR) is 78.9 cm³/mol. The Morgan fingerprint density at radius 2 is 1.72 bits per heavy atom. The van der Waals surface area contributed by atoms with Gasteiger partial charge in [0.15, 0.2) is 5.96 Å². The van der Waals surface area contributed by atoms with E-state index in [0.717, 1.165) is 25.3 Å². The quantitative estimate of drug-likeness (QED) is 0.484. The Morgan fingerprint density at radius 1 is 1.17 bits per heavy atom. The summed E-state index contributed by atoms with van der Waals surface area (Å²) in [6.45, 7) is 13.8. The lowest BCUT2D eigenvalue weighted by Crippen LogP contribution is -2.45. The van der Waals surface area contributed by atoms with Crippen molar-refractivity contribution in [1.29, 1.82) is 0 Å². The maximum Gasteiger partial charge on any atom is 0.191 e. The zero-order valence-electron chi connectivity index (χ0n) is 12.9. The normalized spacial score (nSPS) is 14.8. The van der Waals surface area contributed by atoms with Gasteiger partial charge in [-0.1, -0.05) is 27.7 Å². The van der Waals surface area contributed by atoms with E-state index in [0.29, 0.717) is 18.5 Å². The fourth-order valence-corrected chi connectivity index (χ4v) is 1.40. The van der Waals surface area contributed by atoms with Gasteiger partial charge in [-0.15, -0.1) is 0 Å². The van der Waals surface area contributed by atoms with Gasteiger partial charge in [-0.05, 0) is 32.6 Å². The molecule has 0 aromatic heterocycles. The van der Waals surface area contributed by atoms with Gasteiger partial charge in [-0.25, -0.2) is 0 Å². The molecule has 0 radical (unpaired) electrons. The largest absolute Gasteiger partial charge is 0.388 e. The maximum absolute atomic E-state index is 10.2. The van der Waals surface area contributed by atoms with Gasteiger partial charge in [-0.3, -0.25) is 4.99 Å².